The molecule has 0 saturated heterocycles. The lowest BCUT2D eigenvalue weighted by atomic mass is 10.3. The number of hydrogen-bond donors (Lipinski definition) is 0. The minimum atomic E-state index is -0.415. The number of carbonyl (C=O) groups is 1. The van der Waals surface area contributed by atoms with Gasteiger partial charge in [0.15, 0.2) is 11.6 Å². The average Bonchev–Trinajstić information content (AvgIpc) is 3.17. The summed E-state index contributed by atoms with van der Waals surface area (Å²) in [6.07, 6.45) is 6.73. The van der Waals surface area contributed by atoms with Crippen LogP contribution in [0.4, 0.5) is 4.39 Å². The van der Waals surface area contributed by atoms with E-state index in [0.717, 1.165) is 11.3 Å². The molecule has 5 nitrogen and oxygen atoms in total. The number of nitrogens with zero attached hydrogens (tertiary/aromatic N) is 3. The van der Waals surface area contributed by atoms with Crippen molar-refractivity contribution in [1.29, 1.82) is 0 Å². The Hall–Kier alpha value is -3.41. The van der Waals surface area contributed by atoms with Crippen LogP contribution in [0.5, 0.6) is 5.75 Å². The maximum atomic E-state index is 13.5. The molecule has 0 aliphatic rings. The Labute approximate surface area is 157 Å². The zero-order chi connectivity index (χ0) is 19.1. The fourth-order valence-corrected chi connectivity index (χ4v) is 2.40. The highest BCUT2D eigenvalue weighted by Crippen LogP contribution is 2.15. The van der Waals surface area contributed by atoms with Gasteiger partial charge in [-0.1, -0.05) is 30.3 Å². The summed E-state index contributed by atoms with van der Waals surface area (Å²) in [5.41, 5.74) is 1.77. The van der Waals surface area contributed by atoms with E-state index < -0.39 is 5.82 Å². The van der Waals surface area contributed by atoms with Crippen LogP contribution in [0.25, 0.3) is 11.8 Å². The molecule has 27 heavy (non-hydrogen) atoms. The summed E-state index contributed by atoms with van der Waals surface area (Å²) in [6, 6.07) is 15.9. The number of rotatable bonds is 7. The quantitative estimate of drug-likeness (QED) is 0.602. The van der Waals surface area contributed by atoms with Gasteiger partial charge in [-0.05, 0) is 30.3 Å². The van der Waals surface area contributed by atoms with Crippen molar-refractivity contribution in [2.24, 2.45) is 0 Å². The largest absolute Gasteiger partial charge is 0.489 e. The molecule has 0 fully saturated rings. The van der Waals surface area contributed by atoms with Crippen LogP contribution < -0.4 is 4.74 Å². The van der Waals surface area contributed by atoms with Crippen LogP contribution in [0, 0.1) is 5.82 Å². The van der Waals surface area contributed by atoms with Crippen molar-refractivity contribution < 1.29 is 13.9 Å². The Morgan fingerprint density at radius 1 is 1.19 bits per heavy atom. The SMILES string of the molecule is CN(CCOc1ccccc1F)C(=O)/C=C/c1cnn(-c2ccccc2)c1. The standard InChI is InChI=1S/C21H20FN3O2/c1-24(13-14-27-20-10-6-5-9-19(20)22)21(26)12-11-17-15-23-25(16-17)18-7-3-2-4-8-18/h2-12,15-16H,13-14H2,1H3/b12-11+. The minimum absolute atomic E-state index is 0.167. The van der Waals surface area contributed by atoms with Crippen molar-refractivity contribution >= 4 is 12.0 Å². The molecule has 0 N–H and O–H groups in total. The molecule has 0 aliphatic carbocycles. The lowest BCUT2D eigenvalue weighted by molar-refractivity contribution is -0.125. The van der Waals surface area contributed by atoms with Crippen LogP contribution >= 0.6 is 0 Å². The Morgan fingerprint density at radius 3 is 2.70 bits per heavy atom. The smallest absolute Gasteiger partial charge is 0.246 e. The average molecular weight is 365 g/mol. The number of benzene rings is 2. The highest BCUT2D eigenvalue weighted by atomic mass is 19.1. The predicted molar refractivity (Wildman–Crippen MR) is 102 cm³/mol. The fraction of sp³-hybridized carbons (Fsp3) is 0.143. The second-order valence-corrected chi connectivity index (χ2v) is 5.93. The van der Waals surface area contributed by atoms with Crippen molar-refractivity contribution in [1.82, 2.24) is 14.7 Å². The molecular formula is C21H20FN3O2. The van der Waals surface area contributed by atoms with Crippen LogP contribution in [0.15, 0.2) is 73.1 Å². The minimum Gasteiger partial charge on any atom is -0.489 e. The van der Waals surface area contributed by atoms with Crippen LogP contribution in [-0.4, -0.2) is 40.8 Å². The number of halogens is 1. The second-order valence-electron chi connectivity index (χ2n) is 5.93. The van der Waals surface area contributed by atoms with Gasteiger partial charge in [-0.15, -0.1) is 0 Å². The van der Waals surface area contributed by atoms with E-state index in [-0.39, 0.29) is 18.3 Å². The van der Waals surface area contributed by atoms with Crippen LogP contribution in [0.1, 0.15) is 5.56 Å². The van der Waals surface area contributed by atoms with Crippen molar-refractivity contribution in [2.45, 2.75) is 0 Å². The van der Waals surface area contributed by atoms with Gasteiger partial charge in [0.2, 0.25) is 5.91 Å². The Morgan fingerprint density at radius 2 is 1.93 bits per heavy atom. The normalized spacial score (nSPS) is 10.9. The third-order valence-corrected chi connectivity index (χ3v) is 3.94. The van der Waals surface area contributed by atoms with Gasteiger partial charge in [0.25, 0.3) is 0 Å². The molecule has 0 unspecified atom stereocenters. The molecule has 0 aliphatic heterocycles. The number of carbonyl (C=O) groups excluding carboxylic acids is 1. The molecule has 0 radical (unpaired) electrons. The number of ether oxygens (including phenoxy) is 1. The van der Waals surface area contributed by atoms with Crippen molar-refractivity contribution in [3.63, 3.8) is 0 Å². The van der Waals surface area contributed by atoms with E-state index >= 15 is 0 Å². The summed E-state index contributed by atoms with van der Waals surface area (Å²) in [6.45, 7) is 0.559. The summed E-state index contributed by atoms with van der Waals surface area (Å²) in [7, 11) is 1.67. The second kappa shape index (κ2) is 8.80. The summed E-state index contributed by atoms with van der Waals surface area (Å²) in [4.78, 5) is 13.7. The molecule has 3 aromatic rings. The molecule has 3 rings (SSSR count). The van der Waals surface area contributed by atoms with Gasteiger partial charge in [-0.25, -0.2) is 9.07 Å². The third-order valence-electron chi connectivity index (χ3n) is 3.94. The van der Waals surface area contributed by atoms with E-state index in [2.05, 4.69) is 5.10 Å². The maximum Gasteiger partial charge on any atom is 0.246 e. The fourth-order valence-electron chi connectivity index (χ4n) is 2.40. The van der Waals surface area contributed by atoms with Crippen molar-refractivity contribution in [2.75, 3.05) is 20.2 Å². The Balaban J connectivity index is 1.51. The van der Waals surface area contributed by atoms with E-state index in [1.807, 2.05) is 36.5 Å². The first-order chi connectivity index (χ1) is 13.1. The van der Waals surface area contributed by atoms with Gasteiger partial charge < -0.3 is 9.64 Å². The van der Waals surface area contributed by atoms with Crippen molar-refractivity contribution in [3.8, 4) is 11.4 Å². The molecule has 138 valence electrons. The molecule has 1 aromatic heterocycles. The van der Waals surface area contributed by atoms with Gasteiger partial charge >= 0.3 is 0 Å². The Kier molecular flexibility index (Phi) is 5.99. The predicted octanol–water partition coefficient (Wildman–Crippen LogP) is 3.56. The first-order valence-electron chi connectivity index (χ1n) is 8.54. The highest BCUT2D eigenvalue weighted by Gasteiger charge is 2.07. The molecule has 1 amide bonds. The van der Waals surface area contributed by atoms with Gasteiger partial charge in [0.05, 0.1) is 18.4 Å². The first-order valence-corrected chi connectivity index (χ1v) is 8.54. The molecule has 6 heteroatoms. The third kappa shape index (κ3) is 5.04. The molecule has 1 heterocycles. The van der Waals surface area contributed by atoms with Crippen molar-refractivity contribution in [3.05, 3.63) is 84.4 Å². The topological polar surface area (TPSA) is 47.4 Å². The summed E-state index contributed by atoms with van der Waals surface area (Å²) in [5, 5.41) is 4.29. The maximum absolute atomic E-state index is 13.5. The van der Waals surface area contributed by atoms with E-state index in [1.54, 1.807) is 42.2 Å². The lowest BCUT2D eigenvalue weighted by Crippen LogP contribution is -2.29. The molecule has 0 atom stereocenters. The lowest BCUT2D eigenvalue weighted by Gasteiger charge is -2.15. The van der Waals surface area contributed by atoms with Gasteiger partial charge in [-0.2, -0.15) is 5.10 Å². The van der Waals surface area contributed by atoms with Crippen LogP contribution in [-0.2, 0) is 4.79 Å². The number of aromatic nitrogens is 2. The summed E-state index contributed by atoms with van der Waals surface area (Å²) < 4.78 is 20.6. The zero-order valence-electron chi connectivity index (χ0n) is 15.0. The summed E-state index contributed by atoms with van der Waals surface area (Å²) >= 11 is 0. The van der Waals surface area contributed by atoms with Gasteiger partial charge in [0, 0.05) is 24.9 Å². The van der Waals surface area contributed by atoms with E-state index in [1.165, 1.54) is 17.0 Å². The van der Waals surface area contributed by atoms with Gasteiger partial charge in [-0.3, -0.25) is 4.79 Å². The molecule has 2 aromatic carbocycles. The van der Waals surface area contributed by atoms with Crippen LogP contribution in [0.2, 0.25) is 0 Å². The molecule has 0 saturated carbocycles. The van der Waals surface area contributed by atoms with E-state index in [9.17, 15) is 9.18 Å². The monoisotopic (exact) mass is 365 g/mol. The molecule has 0 spiro atoms. The molecule has 0 bridgehead atoms. The summed E-state index contributed by atoms with van der Waals surface area (Å²) in [5.74, 6) is -0.399. The number of hydrogen-bond acceptors (Lipinski definition) is 3. The highest BCUT2D eigenvalue weighted by molar-refractivity contribution is 5.91. The molecular weight excluding hydrogens is 345 g/mol. The first kappa shape index (κ1) is 18.4. The number of likely N-dealkylation sites (N-methyl/N-ethyl adjacent to an activating group) is 1. The van der Waals surface area contributed by atoms with E-state index in [4.69, 9.17) is 4.74 Å². The van der Waals surface area contributed by atoms with Gasteiger partial charge in [0.1, 0.15) is 6.61 Å². The number of amides is 1. The zero-order valence-corrected chi connectivity index (χ0v) is 15.0. The van der Waals surface area contributed by atoms with Crippen LogP contribution in [0.3, 0.4) is 0 Å². The Bertz CT molecular complexity index is 922. The number of para-hydroxylation sites is 2. The van der Waals surface area contributed by atoms with E-state index in [0.29, 0.717) is 6.54 Å².